The number of nitrogens with zero attached hydrogens (tertiary/aromatic N) is 2. The molecule has 0 bridgehead atoms. The summed E-state index contributed by atoms with van der Waals surface area (Å²) in [5, 5.41) is 5.40. The Morgan fingerprint density at radius 2 is 2.04 bits per heavy atom. The molecule has 6 nitrogen and oxygen atoms in total. The number of fused-ring (bicyclic) bond motifs is 1. The minimum atomic E-state index is -0.203. The van der Waals surface area contributed by atoms with Crippen LogP contribution in [-0.4, -0.2) is 54.4 Å². The highest BCUT2D eigenvalue weighted by Crippen LogP contribution is 2.30. The molecule has 2 aromatic rings. The molecular weight excluding hydrogens is 374 g/mol. The molecule has 2 heterocycles. The third-order valence-corrected chi connectivity index (χ3v) is 6.12. The van der Waals surface area contributed by atoms with Gasteiger partial charge in [0.05, 0.1) is 19.6 Å². The zero-order valence-electron chi connectivity index (χ0n) is 15.8. The van der Waals surface area contributed by atoms with Gasteiger partial charge in [-0.05, 0) is 30.4 Å². The van der Waals surface area contributed by atoms with E-state index in [9.17, 15) is 9.59 Å². The van der Waals surface area contributed by atoms with Crippen molar-refractivity contribution < 1.29 is 14.3 Å². The van der Waals surface area contributed by atoms with E-state index in [1.165, 1.54) is 0 Å². The van der Waals surface area contributed by atoms with E-state index < -0.39 is 0 Å². The number of carbonyl (C=O) groups is 2. The summed E-state index contributed by atoms with van der Waals surface area (Å²) in [4.78, 5) is 31.9. The minimum absolute atomic E-state index is 0.0368. The van der Waals surface area contributed by atoms with Crippen molar-refractivity contribution in [2.45, 2.75) is 12.8 Å². The maximum absolute atomic E-state index is 13.3. The van der Waals surface area contributed by atoms with Gasteiger partial charge in [0.2, 0.25) is 5.91 Å². The molecule has 2 aliphatic heterocycles. The van der Waals surface area contributed by atoms with Crippen molar-refractivity contribution in [3.63, 3.8) is 0 Å². The summed E-state index contributed by atoms with van der Waals surface area (Å²) in [7, 11) is 1.63. The van der Waals surface area contributed by atoms with Crippen LogP contribution < -0.4 is 10.1 Å². The Labute approximate surface area is 168 Å². The first kappa shape index (κ1) is 18.8. The number of amides is 2. The molecule has 28 heavy (non-hydrogen) atoms. The lowest BCUT2D eigenvalue weighted by Gasteiger charge is -2.32. The summed E-state index contributed by atoms with van der Waals surface area (Å²) in [6.07, 6.45) is 1.61. The fraction of sp³-hybridized carbons (Fsp3) is 0.381. The molecule has 1 saturated heterocycles. The summed E-state index contributed by atoms with van der Waals surface area (Å²) in [5.74, 6) is 1.38. The number of hydrogen-bond acceptors (Lipinski definition) is 5. The van der Waals surface area contributed by atoms with E-state index in [0.717, 1.165) is 41.7 Å². The number of ether oxygens (including phenoxy) is 1. The first-order chi connectivity index (χ1) is 13.7. The zero-order valence-corrected chi connectivity index (χ0v) is 16.6. The number of nitrogens with one attached hydrogen (secondary N) is 1. The lowest BCUT2D eigenvalue weighted by Crippen LogP contribution is -2.46. The van der Waals surface area contributed by atoms with E-state index in [0.29, 0.717) is 23.8 Å². The van der Waals surface area contributed by atoms with Crippen molar-refractivity contribution >= 4 is 39.5 Å². The van der Waals surface area contributed by atoms with Gasteiger partial charge in [-0.15, -0.1) is 0 Å². The monoisotopic (exact) mass is 397 g/mol. The number of thioether (sulfide) groups is 1. The summed E-state index contributed by atoms with van der Waals surface area (Å²) < 4.78 is 5.43. The molecule has 7 heteroatoms. The smallest absolute Gasteiger partial charge is 0.254 e. The highest BCUT2D eigenvalue weighted by atomic mass is 32.2. The quantitative estimate of drug-likeness (QED) is 0.865. The highest BCUT2D eigenvalue weighted by molar-refractivity contribution is 8.14. The third kappa shape index (κ3) is 3.71. The van der Waals surface area contributed by atoms with Gasteiger partial charge in [-0.1, -0.05) is 36.0 Å². The SMILES string of the molecule is COc1ccc(C(=O)N2CCC[C@H](C(=O)NC3=NCCS3)C2)c2ccccc12. The number of piperidine rings is 1. The van der Waals surface area contributed by atoms with Gasteiger partial charge in [0.1, 0.15) is 5.75 Å². The minimum Gasteiger partial charge on any atom is -0.496 e. The van der Waals surface area contributed by atoms with Crippen molar-refractivity contribution in [3.05, 3.63) is 42.0 Å². The lowest BCUT2D eigenvalue weighted by molar-refractivity contribution is -0.124. The first-order valence-corrected chi connectivity index (χ1v) is 10.5. The molecule has 0 aromatic heterocycles. The van der Waals surface area contributed by atoms with Gasteiger partial charge in [0.25, 0.3) is 5.91 Å². The van der Waals surface area contributed by atoms with Gasteiger partial charge in [-0.2, -0.15) is 0 Å². The van der Waals surface area contributed by atoms with Gasteiger partial charge < -0.3 is 15.0 Å². The average molecular weight is 398 g/mol. The van der Waals surface area contributed by atoms with E-state index in [1.54, 1.807) is 23.8 Å². The molecule has 146 valence electrons. The number of hydrogen-bond donors (Lipinski definition) is 1. The summed E-state index contributed by atoms with van der Waals surface area (Å²) in [5.41, 5.74) is 0.646. The number of methoxy groups -OCH3 is 1. The number of amidine groups is 1. The third-order valence-electron chi connectivity index (χ3n) is 5.23. The number of carbonyl (C=O) groups excluding carboxylic acids is 2. The summed E-state index contributed by atoms with van der Waals surface area (Å²) >= 11 is 1.57. The summed E-state index contributed by atoms with van der Waals surface area (Å²) in [6.45, 7) is 1.85. The molecule has 2 aliphatic rings. The van der Waals surface area contributed by atoms with Crippen LogP contribution in [-0.2, 0) is 4.79 Å². The molecular formula is C21H23N3O3S. The number of aliphatic imine (C=N–C) groups is 1. The summed E-state index contributed by atoms with van der Waals surface area (Å²) in [6, 6.07) is 11.4. The van der Waals surface area contributed by atoms with E-state index in [2.05, 4.69) is 10.3 Å². The fourth-order valence-electron chi connectivity index (χ4n) is 3.80. The van der Waals surface area contributed by atoms with E-state index in [4.69, 9.17) is 4.74 Å². The van der Waals surface area contributed by atoms with Crippen molar-refractivity contribution in [3.8, 4) is 5.75 Å². The van der Waals surface area contributed by atoms with Crippen LogP contribution in [0.1, 0.15) is 23.2 Å². The number of benzene rings is 2. The van der Waals surface area contributed by atoms with Crippen LogP contribution >= 0.6 is 11.8 Å². The number of rotatable bonds is 3. The van der Waals surface area contributed by atoms with Gasteiger partial charge in [0.15, 0.2) is 5.17 Å². The van der Waals surface area contributed by atoms with Crippen LogP contribution in [0.25, 0.3) is 10.8 Å². The topological polar surface area (TPSA) is 71.0 Å². The molecule has 0 saturated carbocycles. The molecule has 0 unspecified atom stereocenters. The molecule has 1 fully saturated rings. The largest absolute Gasteiger partial charge is 0.496 e. The Morgan fingerprint density at radius 1 is 1.21 bits per heavy atom. The fourth-order valence-corrected chi connectivity index (χ4v) is 4.53. The first-order valence-electron chi connectivity index (χ1n) is 9.50. The van der Waals surface area contributed by atoms with Crippen molar-refractivity contribution in [1.82, 2.24) is 10.2 Å². The average Bonchev–Trinajstić information content (AvgIpc) is 3.25. The van der Waals surface area contributed by atoms with Crippen LogP contribution in [0.2, 0.25) is 0 Å². The van der Waals surface area contributed by atoms with Gasteiger partial charge in [-0.3, -0.25) is 14.6 Å². The Kier molecular flexibility index (Phi) is 5.52. The maximum Gasteiger partial charge on any atom is 0.254 e. The van der Waals surface area contributed by atoms with Crippen LogP contribution in [0.4, 0.5) is 0 Å². The Hall–Kier alpha value is -2.54. The van der Waals surface area contributed by atoms with Crippen molar-refractivity contribution in [2.75, 3.05) is 32.5 Å². The second-order valence-corrected chi connectivity index (χ2v) is 8.06. The standard InChI is InChI=1S/C21H23N3O3S/c1-27-18-9-8-17(15-6-2-3-7-16(15)18)20(26)24-11-4-5-14(13-24)19(25)23-21-22-10-12-28-21/h2-3,6-9,14H,4-5,10-13H2,1H3,(H,22,23,25)/t14-/m0/s1. The molecule has 4 rings (SSSR count). The van der Waals surface area contributed by atoms with Crippen molar-refractivity contribution in [1.29, 1.82) is 0 Å². The Balaban J connectivity index is 1.53. The van der Waals surface area contributed by atoms with Crippen molar-refractivity contribution in [2.24, 2.45) is 10.9 Å². The molecule has 1 atom stereocenters. The Morgan fingerprint density at radius 3 is 2.79 bits per heavy atom. The zero-order chi connectivity index (χ0) is 19.5. The van der Waals surface area contributed by atoms with Crippen LogP contribution in [0.15, 0.2) is 41.4 Å². The highest BCUT2D eigenvalue weighted by Gasteiger charge is 2.30. The molecule has 0 radical (unpaired) electrons. The number of likely N-dealkylation sites (tertiary alicyclic amines) is 1. The molecule has 2 aromatic carbocycles. The van der Waals surface area contributed by atoms with Crippen LogP contribution in [0.5, 0.6) is 5.75 Å². The molecule has 0 spiro atoms. The van der Waals surface area contributed by atoms with Gasteiger partial charge in [0, 0.05) is 29.8 Å². The second-order valence-electron chi connectivity index (χ2n) is 6.98. The normalized spacial score (nSPS) is 19.4. The van der Waals surface area contributed by atoms with Crippen LogP contribution in [0, 0.1) is 5.92 Å². The lowest BCUT2D eigenvalue weighted by atomic mass is 9.95. The molecule has 1 N–H and O–H groups in total. The maximum atomic E-state index is 13.3. The molecule has 0 aliphatic carbocycles. The van der Waals surface area contributed by atoms with E-state index >= 15 is 0 Å². The second kappa shape index (κ2) is 8.22. The van der Waals surface area contributed by atoms with Crippen LogP contribution in [0.3, 0.4) is 0 Å². The molecule has 2 amide bonds. The van der Waals surface area contributed by atoms with Gasteiger partial charge >= 0.3 is 0 Å². The predicted molar refractivity (Wildman–Crippen MR) is 112 cm³/mol. The van der Waals surface area contributed by atoms with E-state index in [-0.39, 0.29) is 17.7 Å². The van der Waals surface area contributed by atoms with E-state index in [1.807, 2.05) is 36.4 Å². The van der Waals surface area contributed by atoms with Gasteiger partial charge in [-0.25, -0.2) is 0 Å². The Bertz CT molecular complexity index is 944. The predicted octanol–water partition coefficient (Wildman–Crippen LogP) is 2.92.